The molecule has 0 saturated carbocycles. The van der Waals surface area contributed by atoms with Crippen molar-refractivity contribution in [2.75, 3.05) is 13.1 Å². The first kappa shape index (κ1) is 11.9. The third kappa shape index (κ3) is 2.78. The average molecular weight is 237 g/mol. The minimum atomic E-state index is 0.470. The predicted molar refractivity (Wildman–Crippen MR) is 69.6 cm³/mol. The van der Waals surface area contributed by atoms with E-state index >= 15 is 0 Å². The second kappa shape index (κ2) is 5.70. The molecule has 1 aromatic carbocycles. The highest BCUT2D eigenvalue weighted by atomic mass is 35.5. The van der Waals surface area contributed by atoms with Gasteiger partial charge in [-0.1, -0.05) is 37.1 Å². The Kier molecular flexibility index (Phi) is 4.25. The molecule has 0 spiro atoms. The lowest BCUT2D eigenvalue weighted by Crippen LogP contribution is -2.33. The maximum Gasteiger partial charge on any atom is 0.0406 e. The van der Waals surface area contributed by atoms with Gasteiger partial charge in [-0.15, -0.1) is 0 Å². The third-order valence-corrected chi connectivity index (χ3v) is 3.61. The first-order valence-electron chi connectivity index (χ1n) is 6.10. The summed E-state index contributed by atoms with van der Waals surface area (Å²) in [6.45, 7) is 6.51. The van der Waals surface area contributed by atoms with Crippen molar-refractivity contribution in [1.29, 1.82) is 0 Å². The fourth-order valence-electron chi connectivity index (χ4n) is 2.48. The van der Waals surface area contributed by atoms with E-state index in [1.807, 2.05) is 12.1 Å². The molecule has 0 bridgehead atoms. The summed E-state index contributed by atoms with van der Waals surface area (Å²) in [5, 5.41) is 0.810. The van der Waals surface area contributed by atoms with Gasteiger partial charge in [-0.05, 0) is 50.0 Å². The van der Waals surface area contributed by atoms with Crippen LogP contribution in [0.4, 0.5) is 0 Å². The van der Waals surface area contributed by atoms with E-state index in [1.165, 1.54) is 37.9 Å². The van der Waals surface area contributed by atoms with Gasteiger partial charge in [0.15, 0.2) is 0 Å². The quantitative estimate of drug-likeness (QED) is 0.764. The fraction of sp³-hybridized carbons (Fsp3) is 0.500. The predicted octanol–water partition coefficient (Wildman–Crippen LogP) is 4.09. The number of hydrogen-bond donors (Lipinski definition) is 0. The first-order chi connectivity index (χ1) is 7.81. The molecule has 0 aliphatic carbocycles. The molecule has 1 aliphatic rings. The summed E-state index contributed by atoms with van der Waals surface area (Å²) < 4.78 is 0. The second-order valence-corrected chi connectivity index (χ2v) is 4.89. The number of benzene rings is 1. The minimum absolute atomic E-state index is 0.470. The molecule has 1 nitrogen and oxygen atoms in total. The highest BCUT2D eigenvalue weighted by Crippen LogP contribution is 2.27. The maximum absolute atomic E-state index is 5.92. The molecular formula is C14H19ClN. The van der Waals surface area contributed by atoms with E-state index in [0.29, 0.717) is 6.04 Å². The van der Waals surface area contributed by atoms with E-state index in [4.69, 9.17) is 11.6 Å². The Balaban J connectivity index is 2.11. The second-order valence-electron chi connectivity index (χ2n) is 4.45. The molecule has 2 heteroatoms. The smallest absolute Gasteiger partial charge is 0.0406 e. The Morgan fingerprint density at radius 2 is 1.75 bits per heavy atom. The lowest BCUT2D eigenvalue weighted by molar-refractivity contribution is 0.164. The molecular weight excluding hydrogens is 218 g/mol. The summed E-state index contributed by atoms with van der Waals surface area (Å²) in [6.07, 6.45) is 4.96. The zero-order valence-electron chi connectivity index (χ0n) is 9.66. The molecule has 1 saturated heterocycles. The average Bonchev–Trinajstić information content (AvgIpc) is 2.34. The molecule has 1 fully saturated rings. The van der Waals surface area contributed by atoms with Crippen LogP contribution in [0.2, 0.25) is 5.02 Å². The molecule has 1 atom stereocenters. The summed E-state index contributed by atoms with van der Waals surface area (Å²) in [7, 11) is 0. The van der Waals surface area contributed by atoms with Gasteiger partial charge >= 0.3 is 0 Å². The lowest BCUT2D eigenvalue weighted by atomic mass is 10.00. The van der Waals surface area contributed by atoms with Crippen molar-refractivity contribution in [3.63, 3.8) is 0 Å². The minimum Gasteiger partial charge on any atom is -0.296 e. The number of piperidine rings is 1. The zero-order chi connectivity index (χ0) is 11.4. The van der Waals surface area contributed by atoms with Crippen molar-refractivity contribution in [2.45, 2.75) is 31.7 Å². The molecule has 1 aromatic rings. The van der Waals surface area contributed by atoms with Crippen LogP contribution in [0.25, 0.3) is 0 Å². The molecule has 0 amide bonds. The Morgan fingerprint density at radius 1 is 1.12 bits per heavy atom. The van der Waals surface area contributed by atoms with Gasteiger partial charge in [0.05, 0.1) is 0 Å². The number of nitrogens with zero attached hydrogens (tertiary/aromatic N) is 1. The van der Waals surface area contributed by atoms with Gasteiger partial charge in [-0.25, -0.2) is 0 Å². The van der Waals surface area contributed by atoms with Crippen LogP contribution in [-0.4, -0.2) is 18.0 Å². The van der Waals surface area contributed by atoms with Crippen molar-refractivity contribution < 1.29 is 0 Å². The summed E-state index contributed by atoms with van der Waals surface area (Å²) in [4.78, 5) is 2.56. The molecule has 87 valence electrons. The molecule has 16 heavy (non-hydrogen) atoms. The van der Waals surface area contributed by atoms with Gasteiger partial charge in [-0.3, -0.25) is 4.90 Å². The Morgan fingerprint density at radius 3 is 2.31 bits per heavy atom. The molecule has 1 heterocycles. The molecule has 0 N–H and O–H groups in total. The first-order valence-corrected chi connectivity index (χ1v) is 6.48. The molecule has 2 rings (SSSR count). The fourth-order valence-corrected chi connectivity index (χ4v) is 2.60. The van der Waals surface area contributed by atoms with Gasteiger partial charge in [0.1, 0.15) is 0 Å². The Bertz CT molecular complexity index is 314. The van der Waals surface area contributed by atoms with Crippen molar-refractivity contribution in [3.8, 4) is 0 Å². The highest BCUT2D eigenvalue weighted by molar-refractivity contribution is 6.30. The monoisotopic (exact) mass is 236 g/mol. The lowest BCUT2D eigenvalue weighted by Gasteiger charge is -2.34. The van der Waals surface area contributed by atoms with Gasteiger partial charge in [0, 0.05) is 11.1 Å². The number of halogens is 1. The van der Waals surface area contributed by atoms with E-state index in [0.717, 1.165) is 11.4 Å². The van der Waals surface area contributed by atoms with E-state index in [1.54, 1.807) is 0 Å². The normalized spacial score (nSPS) is 19.6. The van der Waals surface area contributed by atoms with Crippen LogP contribution in [0.3, 0.4) is 0 Å². The van der Waals surface area contributed by atoms with E-state index in [9.17, 15) is 0 Å². The van der Waals surface area contributed by atoms with Gasteiger partial charge < -0.3 is 0 Å². The molecule has 0 aromatic heterocycles. The Labute approximate surface area is 103 Å². The standard InChI is InChI=1S/C14H19ClN/c1-2-14(16-10-4-3-5-11-16)12-6-8-13(15)9-7-12/h6-9,14H,1-5,10-11H2. The van der Waals surface area contributed by atoms with Crippen LogP contribution in [-0.2, 0) is 0 Å². The maximum atomic E-state index is 5.92. The van der Waals surface area contributed by atoms with Gasteiger partial charge in [-0.2, -0.15) is 0 Å². The van der Waals surface area contributed by atoms with Crippen LogP contribution < -0.4 is 0 Å². The molecule has 1 aliphatic heterocycles. The number of likely N-dealkylation sites (tertiary alicyclic amines) is 1. The SMILES string of the molecule is [CH2]CC(c1ccc(Cl)cc1)N1CCCCC1. The summed E-state index contributed by atoms with van der Waals surface area (Å²) >= 11 is 5.92. The van der Waals surface area contributed by atoms with Crippen LogP contribution in [0.5, 0.6) is 0 Å². The molecule has 1 unspecified atom stereocenters. The third-order valence-electron chi connectivity index (χ3n) is 3.36. The topological polar surface area (TPSA) is 3.24 Å². The van der Waals surface area contributed by atoms with Crippen molar-refractivity contribution >= 4 is 11.6 Å². The van der Waals surface area contributed by atoms with Crippen LogP contribution in [0, 0.1) is 6.92 Å². The zero-order valence-corrected chi connectivity index (χ0v) is 10.4. The molecule has 1 radical (unpaired) electrons. The van der Waals surface area contributed by atoms with Crippen LogP contribution in [0.1, 0.15) is 37.3 Å². The van der Waals surface area contributed by atoms with Crippen molar-refractivity contribution in [2.24, 2.45) is 0 Å². The van der Waals surface area contributed by atoms with Crippen LogP contribution in [0.15, 0.2) is 24.3 Å². The van der Waals surface area contributed by atoms with E-state index in [2.05, 4.69) is 24.0 Å². The van der Waals surface area contributed by atoms with Gasteiger partial charge in [0.25, 0.3) is 0 Å². The highest BCUT2D eigenvalue weighted by Gasteiger charge is 2.20. The largest absolute Gasteiger partial charge is 0.296 e. The summed E-state index contributed by atoms with van der Waals surface area (Å²) in [6, 6.07) is 8.68. The van der Waals surface area contributed by atoms with E-state index < -0.39 is 0 Å². The Hall–Kier alpha value is -0.530. The van der Waals surface area contributed by atoms with Crippen molar-refractivity contribution in [3.05, 3.63) is 41.8 Å². The number of rotatable bonds is 3. The van der Waals surface area contributed by atoms with Gasteiger partial charge in [0.2, 0.25) is 0 Å². The summed E-state index contributed by atoms with van der Waals surface area (Å²) in [5.74, 6) is 0. The van der Waals surface area contributed by atoms with Crippen LogP contribution >= 0.6 is 11.6 Å². The van der Waals surface area contributed by atoms with Crippen molar-refractivity contribution in [1.82, 2.24) is 4.90 Å². The number of hydrogen-bond acceptors (Lipinski definition) is 1. The van der Waals surface area contributed by atoms with E-state index in [-0.39, 0.29) is 0 Å². The summed E-state index contributed by atoms with van der Waals surface area (Å²) in [5.41, 5.74) is 1.35.